The predicted molar refractivity (Wildman–Crippen MR) is 85.1 cm³/mol. The zero-order valence-corrected chi connectivity index (χ0v) is 14.0. The number of hydrogen-bond acceptors (Lipinski definition) is 3. The lowest BCUT2D eigenvalue weighted by Crippen LogP contribution is -2.24. The Morgan fingerprint density at radius 1 is 1.40 bits per heavy atom. The third-order valence-electron chi connectivity index (χ3n) is 2.47. The minimum atomic E-state index is -0.251. The van der Waals surface area contributed by atoms with E-state index in [1.54, 1.807) is 12.1 Å². The van der Waals surface area contributed by atoms with Crippen molar-refractivity contribution in [2.24, 2.45) is 0 Å². The summed E-state index contributed by atoms with van der Waals surface area (Å²) in [4.78, 5) is 26.0. The van der Waals surface area contributed by atoms with E-state index in [1.165, 1.54) is 0 Å². The molecule has 1 aromatic heterocycles. The van der Waals surface area contributed by atoms with Crippen molar-refractivity contribution in [3.05, 3.63) is 32.6 Å². The lowest BCUT2D eigenvalue weighted by Gasteiger charge is -2.01. The summed E-state index contributed by atoms with van der Waals surface area (Å²) in [5.41, 5.74) is 0.865. The Hall–Kier alpha value is -1.19. The van der Waals surface area contributed by atoms with Gasteiger partial charge < -0.3 is 15.6 Å². The van der Waals surface area contributed by atoms with Gasteiger partial charge in [0.15, 0.2) is 5.11 Å². The Labute approximate surface area is 137 Å². The maximum absolute atomic E-state index is 11.8. The van der Waals surface area contributed by atoms with E-state index in [2.05, 4.69) is 52.8 Å². The van der Waals surface area contributed by atoms with Crippen molar-refractivity contribution in [1.29, 1.82) is 0 Å². The number of halogens is 2. The topological polar surface area (TPSA) is 86.0 Å². The number of nitrogens with one attached hydrogen (secondary N) is 4. The molecule has 2 amide bonds. The van der Waals surface area contributed by atoms with Crippen molar-refractivity contribution >= 4 is 61.0 Å². The Morgan fingerprint density at radius 3 is 2.70 bits per heavy atom. The maximum Gasteiger partial charge on any atom is 0.273 e. The summed E-state index contributed by atoms with van der Waals surface area (Å²) in [6.07, 6.45) is 2.21. The number of amides is 2. The van der Waals surface area contributed by atoms with E-state index >= 15 is 0 Å². The van der Waals surface area contributed by atoms with Gasteiger partial charge in [-0.25, -0.2) is 0 Å². The molecule has 0 radical (unpaired) electrons. The second-order valence-electron chi connectivity index (χ2n) is 3.92. The van der Waals surface area contributed by atoms with Gasteiger partial charge in [0.05, 0.1) is 9.08 Å². The van der Waals surface area contributed by atoms with Crippen molar-refractivity contribution in [2.45, 2.75) is 6.42 Å². The number of aromatic amines is 1. The summed E-state index contributed by atoms with van der Waals surface area (Å²) in [7, 11) is 0. The van der Waals surface area contributed by atoms with Gasteiger partial charge in [0, 0.05) is 6.54 Å². The van der Waals surface area contributed by atoms with Crippen molar-refractivity contribution in [2.75, 3.05) is 6.54 Å². The summed E-state index contributed by atoms with van der Waals surface area (Å²) >= 11 is 11.4. The third-order valence-corrected chi connectivity index (χ3v) is 4.46. The van der Waals surface area contributed by atoms with E-state index in [-0.39, 0.29) is 11.8 Å². The monoisotopic (exact) mass is 420 g/mol. The summed E-state index contributed by atoms with van der Waals surface area (Å²) in [6.45, 7) is 0.415. The van der Waals surface area contributed by atoms with Crippen LogP contribution in [0.2, 0.25) is 0 Å². The van der Waals surface area contributed by atoms with Crippen molar-refractivity contribution < 1.29 is 9.59 Å². The molecule has 0 unspecified atom stereocenters. The van der Waals surface area contributed by atoms with Crippen LogP contribution in [0, 0.1) is 0 Å². The second-order valence-corrected chi connectivity index (χ2v) is 5.97. The molecule has 0 bridgehead atoms. The quantitative estimate of drug-likeness (QED) is 0.337. The van der Waals surface area contributed by atoms with Crippen LogP contribution in [0.3, 0.4) is 0 Å². The standard InChI is InChI=1S/C11H10Br2N4O2S/c12-5-4-7(15-8(5)13)9(18)14-3-1-2-6-10(19)17-11(20)16-6/h2,4,15H,1,3H2,(H,14,18)(H2,16,17,19,20)/b6-2-. The highest BCUT2D eigenvalue weighted by atomic mass is 79.9. The first-order chi connectivity index (χ1) is 9.47. The highest BCUT2D eigenvalue weighted by molar-refractivity contribution is 9.13. The number of hydrogen-bond donors (Lipinski definition) is 4. The summed E-state index contributed by atoms with van der Waals surface area (Å²) in [6, 6.07) is 1.68. The molecule has 1 aromatic rings. The number of carbonyl (C=O) groups excluding carboxylic acids is 2. The Balaban J connectivity index is 1.81. The maximum atomic E-state index is 11.8. The van der Waals surface area contributed by atoms with Gasteiger partial charge in [-0.15, -0.1) is 0 Å². The first-order valence-corrected chi connectivity index (χ1v) is 7.61. The highest BCUT2D eigenvalue weighted by Gasteiger charge is 2.19. The van der Waals surface area contributed by atoms with Gasteiger partial charge in [-0.2, -0.15) is 0 Å². The van der Waals surface area contributed by atoms with Gasteiger partial charge in [-0.3, -0.25) is 14.9 Å². The van der Waals surface area contributed by atoms with Crippen LogP contribution < -0.4 is 16.0 Å². The van der Waals surface area contributed by atoms with Gasteiger partial charge in [-0.1, -0.05) is 6.08 Å². The van der Waals surface area contributed by atoms with Crippen molar-refractivity contribution in [3.63, 3.8) is 0 Å². The number of carbonyl (C=O) groups is 2. The minimum Gasteiger partial charge on any atom is -0.350 e. The molecule has 20 heavy (non-hydrogen) atoms. The van der Waals surface area contributed by atoms with Crippen LogP contribution in [-0.2, 0) is 4.79 Å². The normalized spacial score (nSPS) is 16.2. The van der Waals surface area contributed by atoms with E-state index in [0.717, 1.165) is 4.47 Å². The lowest BCUT2D eigenvalue weighted by atomic mass is 10.3. The molecule has 4 N–H and O–H groups in total. The number of rotatable bonds is 4. The third kappa shape index (κ3) is 3.68. The Morgan fingerprint density at radius 2 is 2.15 bits per heavy atom. The Kier molecular flexibility index (Phi) is 4.95. The molecule has 2 rings (SSSR count). The smallest absolute Gasteiger partial charge is 0.273 e. The first-order valence-electron chi connectivity index (χ1n) is 5.62. The van der Waals surface area contributed by atoms with E-state index in [9.17, 15) is 9.59 Å². The second kappa shape index (κ2) is 6.51. The molecule has 106 valence electrons. The Bertz CT molecular complexity index is 592. The molecule has 6 nitrogen and oxygen atoms in total. The van der Waals surface area contributed by atoms with Gasteiger partial charge in [-0.05, 0) is 56.6 Å². The summed E-state index contributed by atoms with van der Waals surface area (Å²) < 4.78 is 1.50. The summed E-state index contributed by atoms with van der Waals surface area (Å²) in [5.74, 6) is -0.465. The van der Waals surface area contributed by atoms with Crippen LogP contribution in [0.15, 0.2) is 26.9 Å². The van der Waals surface area contributed by atoms with Crippen LogP contribution in [0.1, 0.15) is 16.9 Å². The molecule has 0 aliphatic carbocycles. The van der Waals surface area contributed by atoms with Crippen LogP contribution in [0.25, 0.3) is 0 Å². The van der Waals surface area contributed by atoms with Gasteiger partial charge >= 0.3 is 0 Å². The fourth-order valence-electron chi connectivity index (χ4n) is 1.55. The fourth-order valence-corrected chi connectivity index (χ4v) is 2.41. The molecule has 1 aliphatic rings. The first kappa shape index (κ1) is 15.2. The zero-order valence-electron chi connectivity index (χ0n) is 10.0. The molecule has 0 spiro atoms. The predicted octanol–water partition coefficient (Wildman–Crippen LogP) is 1.55. The van der Waals surface area contributed by atoms with E-state index in [4.69, 9.17) is 12.2 Å². The van der Waals surface area contributed by atoms with E-state index in [0.29, 0.717) is 34.1 Å². The van der Waals surface area contributed by atoms with Gasteiger partial charge in [0.1, 0.15) is 11.4 Å². The molecule has 1 saturated heterocycles. The zero-order chi connectivity index (χ0) is 14.7. The SMILES string of the molecule is O=C1NC(=S)N/C1=C\CCNC(=O)c1cc(Br)c(Br)[nH]1. The molecule has 9 heteroatoms. The molecule has 1 fully saturated rings. The molecular weight excluding hydrogens is 412 g/mol. The van der Waals surface area contributed by atoms with Crippen molar-refractivity contribution in [3.8, 4) is 0 Å². The largest absolute Gasteiger partial charge is 0.350 e. The van der Waals surface area contributed by atoms with Crippen molar-refractivity contribution in [1.82, 2.24) is 20.9 Å². The highest BCUT2D eigenvalue weighted by Crippen LogP contribution is 2.22. The molecule has 2 heterocycles. The average Bonchev–Trinajstić information content (AvgIpc) is 2.88. The lowest BCUT2D eigenvalue weighted by molar-refractivity contribution is -0.115. The molecule has 0 atom stereocenters. The number of aromatic nitrogens is 1. The van der Waals surface area contributed by atoms with Crippen LogP contribution in [0.5, 0.6) is 0 Å². The number of thiocarbonyl (C=S) groups is 1. The fraction of sp³-hybridized carbons (Fsp3) is 0.182. The molecule has 1 aliphatic heterocycles. The average molecular weight is 422 g/mol. The molecule has 0 saturated carbocycles. The number of H-pyrrole nitrogens is 1. The molecular formula is C11H10Br2N4O2S. The molecule has 0 aromatic carbocycles. The van der Waals surface area contributed by atoms with Crippen LogP contribution >= 0.6 is 44.1 Å². The van der Waals surface area contributed by atoms with E-state index in [1.807, 2.05) is 0 Å². The van der Waals surface area contributed by atoms with Crippen LogP contribution in [0.4, 0.5) is 0 Å². The van der Waals surface area contributed by atoms with E-state index < -0.39 is 0 Å². The minimum absolute atomic E-state index is 0.214. The van der Waals surface area contributed by atoms with Crippen LogP contribution in [-0.4, -0.2) is 28.5 Å². The van der Waals surface area contributed by atoms with Gasteiger partial charge in [0.2, 0.25) is 0 Å². The summed E-state index contributed by atoms with van der Waals surface area (Å²) in [5, 5.41) is 8.23. The van der Waals surface area contributed by atoms with Gasteiger partial charge in [0.25, 0.3) is 11.8 Å².